The van der Waals surface area contributed by atoms with Crippen molar-refractivity contribution < 1.29 is 13.2 Å². The molecule has 0 saturated carbocycles. The Bertz CT molecular complexity index is 303. The van der Waals surface area contributed by atoms with Crippen LogP contribution in [-0.2, 0) is 14.6 Å². The molecule has 0 heterocycles. The zero-order chi connectivity index (χ0) is 9.61. The van der Waals surface area contributed by atoms with E-state index in [1.165, 1.54) is 0 Å². The third-order valence-corrected chi connectivity index (χ3v) is 1.98. The third-order valence-electron chi connectivity index (χ3n) is 1.13. The molecule has 0 fully saturated rings. The smallest absolute Gasteiger partial charge is 0.154 e. The third kappa shape index (κ3) is 7.29. The van der Waals surface area contributed by atoms with E-state index in [0.717, 1.165) is 6.26 Å². The van der Waals surface area contributed by atoms with Gasteiger partial charge in [-0.05, 0) is 6.92 Å². The molecular formula is C8H12O3S. The van der Waals surface area contributed by atoms with Crippen molar-refractivity contribution in [2.45, 2.75) is 19.8 Å². The molecule has 0 saturated heterocycles. The van der Waals surface area contributed by atoms with E-state index in [1.807, 2.05) is 0 Å². The molecule has 0 aliphatic heterocycles. The molecule has 0 aliphatic carbocycles. The fourth-order valence-corrected chi connectivity index (χ4v) is 1.42. The number of carbonyl (C=O) groups is 1. The summed E-state index contributed by atoms with van der Waals surface area (Å²) in [6.45, 7) is 1.68. The van der Waals surface area contributed by atoms with Gasteiger partial charge in [0, 0.05) is 19.1 Å². The zero-order valence-electron chi connectivity index (χ0n) is 7.25. The van der Waals surface area contributed by atoms with Crippen molar-refractivity contribution >= 4 is 15.6 Å². The molecule has 0 radical (unpaired) electrons. The number of sulfone groups is 1. The standard InChI is InChI=1S/C8H12O3S/c1-3-4-5-6-8(9)7-12(2,10)11/h5-7H2,1-2H3. The number of rotatable bonds is 4. The molecule has 0 amide bonds. The van der Waals surface area contributed by atoms with Crippen molar-refractivity contribution in [3.05, 3.63) is 0 Å². The van der Waals surface area contributed by atoms with Crippen LogP contribution in [0, 0.1) is 11.8 Å². The lowest BCUT2D eigenvalue weighted by Crippen LogP contribution is -2.13. The lowest BCUT2D eigenvalue weighted by molar-refractivity contribution is -0.116. The van der Waals surface area contributed by atoms with Gasteiger partial charge in [-0.25, -0.2) is 8.42 Å². The maximum absolute atomic E-state index is 10.9. The summed E-state index contributed by atoms with van der Waals surface area (Å²) in [5.41, 5.74) is 0. The van der Waals surface area contributed by atoms with Gasteiger partial charge in [-0.2, -0.15) is 0 Å². The van der Waals surface area contributed by atoms with Crippen molar-refractivity contribution in [1.29, 1.82) is 0 Å². The number of ketones is 1. The molecule has 0 rings (SSSR count). The van der Waals surface area contributed by atoms with Crippen LogP contribution in [0.1, 0.15) is 19.8 Å². The van der Waals surface area contributed by atoms with Crippen molar-refractivity contribution in [2.24, 2.45) is 0 Å². The Morgan fingerprint density at radius 3 is 2.42 bits per heavy atom. The highest BCUT2D eigenvalue weighted by Gasteiger charge is 2.09. The first kappa shape index (κ1) is 11.2. The van der Waals surface area contributed by atoms with E-state index < -0.39 is 9.84 Å². The monoisotopic (exact) mass is 188 g/mol. The Morgan fingerprint density at radius 2 is 2.00 bits per heavy atom. The molecule has 0 N–H and O–H groups in total. The van der Waals surface area contributed by atoms with Crippen LogP contribution in [0.2, 0.25) is 0 Å². The van der Waals surface area contributed by atoms with Crippen molar-refractivity contribution in [1.82, 2.24) is 0 Å². The van der Waals surface area contributed by atoms with Crippen LogP contribution in [0.15, 0.2) is 0 Å². The average molecular weight is 188 g/mol. The van der Waals surface area contributed by atoms with E-state index >= 15 is 0 Å². The number of hydrogen-bond acceptors (Lipinski definition) is 3. The summed E-state index contributed by atoms with van der Waals surface area (Å²) in [7, 11) is -3.16. The lowest BCUT2D eigenvalue weighted by atomic mass is 10.2. The minimum absolute atomic E-state index is 0.230. The predicted octanol–water partition coefficient (Wildman–Crippen LogP) is 0.404. The summed E-state index contributed by atoms with van der Waals surface area (Å²) < 4.78 is 21.2. The molecule has 0 aromatic rings. The van der Waals surface area contributed by atoms with Crippen LogP contribution in [0.3, 0.4) is 0 Å². The average Bonchev–Trinajstić information content (AvgIpc) is 1.84. The van der Waals surface area contributed by atoms with Gasteiger partial charge in [0.05, 0.1) is 0 Å². The highest BCUT2D eigenvalue weighted by Crippen LogP contribution is 1.93. The minimum atomic E-state index is -3.16. The number of carbonyl (C=O) groups excluding carboxylic acids is 1. The normalized spacial score (nSPS) is 10.2. The Labute approximate surface area is 73.1 Å². The van der Waals surface area contributed by atoms with Gasteiger partial charge in [-0.3, -0.25) is 4.79 Å². The summed E-state index contributed by atoms with van der Waals surface area (Å²) in [5, 5.41) is 0. The van der Waals surface area contributed by atoms with Gasteiger partial charge < -0.3 is 0 Å². The van der Waals surface area contributed by atoms with Gasteiger partial charge in [0.15, 0.2) is 9.84 Å². The van der Waals surface area contributed by atoms with E-state index in [-0.39, 0.29) is 18.0 Å². The summed E-state index contributed by atoms with van der Waals surface area (Å²) in [4.78, 5) is 10.9. The number of hydrogen-bond donors (Lipinski definition) is 0. The molecule has 3 nitrogen and oxygen atoms in total. The van der Waals surface area contributed by atoms with E-state index in [4.69, 9.17) is 0 Å². The highest BCUT2D eigenvalue weighted by molar-refractivity contribution is 7.91. The van der Waals surface area contributed by atoms with E-state index in [1.54, 1.807) is 6.92 Å². The Morgan fingerprint density at radius 1 is 1.42 bits per heavy atom. The molecule has 0 atom stereocenters. The second kappa shape index (κ2) is 4.94. The maximum Gasteiger partial charge on any atom is 0.154 e. The summed E-state index contributed by atoms with van der Waals surface area (Å²) in [5.74, 6) is 4.71. The molecule has 4 heteroatoms. The summed E-state index contributed by atoms with van der Waals surface area (Å²) in [6.07, 6.45) is 1.73. The second-order valence-electron chi connectivity index (χ2n) is 2.54. The first-order valence-corrected chi connectivity index (χ1v) is 5.61. The summed E-state index contributed by atoms with van der Waals surface area (Å²) >= 11 is 0. The van der Waals surface area contributed by atoms with Gasteiger partial charge in [0.1, 0.15) is 11.5 Å². The van der Waals surface area contributed by atoms with Crippen LogP contribution < -0.4 is 0 Å². The molecule has 0 spiro atoms. The SMILES string of the molecule is CC#CCCC(=O)CS(C)(=O)=O. The molecule has 0 aromatic carbocycles. The molecule has 0 bridgehead atoms. The van der Waals surface area contributed by atoms with Crippen molar-refractivity contribution in [3.8, 4) is 11.8 Å². The highest BCUT2D eigenvalue weighted by atomic mass is 32.2. The van der Waals surface area contributed by atoms with Gasteiger partial charge in [0.2, 0.25) is 0 Å². The van der Waals surface area contributed by atoms with Gasteiger partial charge >= 0.3 is 0 Å². The molecule has 0 unspecified atom stereocenters. The quantitative estimate of drug-likeness (QED) is 0.600. The maximum atomic E-state index is 10.9. The topological polar surface area (TPSA) is 51.2 Å². The molecule has 0 aromatic heterocycles. The van der Waals surface area contributed by atoms with Gasteiger partial charge in [0.25, 0.3) is 0 Å². The Kier molecular flexibility index (Phi) is 4.60. The second-order valence-corrected chi connectivity index (χ2v) is 4.68. The minimum Gasteiger partial charge on any atom is -0.299 e. The number of Topliss-reactive ketones (excluding diaryl/α,β-unsaturated/α-hetero) is 1. The molecule has 12 heavy (non-hydrogen) atoms. The van der Waals surface area contributed by atoms with Crippen LogP contribution in [0.4, 0.5) is 0 Å². The Balaban J connectivity index is 3.82. The van der Waals surface area contributed by atoms with Crippen molar-refractivity contribution in [2.75, 3.05) is 12.0 Å². The van der Waals surface area contributed by atoms with Crippen LogP contribution in [-0.4, -0.2) is 26.2 Å². The van der Waals surface area contributed by atoms with E-state index in [9.17, 15) is 13.2 Å². The first-order valence-electron chi connectivity index (χ1n) is 3.55. The Hall–Kier alpha value is -0.820. The van der Waals surface area contributed by atoms with Crippen LogP contribution in [0.5, 0.6) is 0 Å². The predicted molar refractivity (Wildman–Crippen MR) is 47.4 cm³/mol. The largest absolute Gasteiger partial charge is 0.299 e. The lowest BCUT2D eigenvalue weighted by Gasteiger charge is -1.94. The van der Waals surface area contributed by atoms with Gasteiger partial charge in [-0.15, -0.1) is 11.8 Å². The first-order chi connectivity index (χ1) is 5.45. The van der Waals surface area contributed by atoms with Crippen LogP contribution in [0.25, 0.3) is 0 Å². The fraction of sp³-hybridized carbons (Fsp3) is 0.625. The van der Waals surface area contributed by atoms with Crippen LogP contribution >= 0.6 is 0 Å². The molecule has 0 aliphatic rings. The molecular weight excluding hydrogens is 176 g/mol. The zero-order valence-corrected chi connectivity index (χ0v) is 8.07. The summed E-state index contributed by atoms with van der Waals surface area (Å²) in [6, 6.07) is 0. The molecule has 68 valence electrons. The van der Waals surface area contributed by atoms with E-state index in [0.29, 0.717) is 6.42 Å². The van der Waals surface area contributed by atoms with E-state index in [2.05, 4.69) is 11.8 Å². The van der Waals surface area contributed by atoms with Crippen molar-refractivity contribution in [3.63, 3.8) is 0 Å². The van der Waals surface area contributed by atoms with Gasteiger partial charge in [-0.1, -0.05) is 0 Å². The fourth-order valence-electron chi connectivity index (χ4n) is 0.692.